The van der Waals surface area contributed by atoms with Crippen LogP contribution in [0.3, 0.4) is 0 Å². The van der Waals surface area contributed by atoms with E-state index in [9.17, 15) is 5.11 Å². The van der Waals surface area contributed by atoms with Gasteiger partial charge in [-0.25, -0.2) is 0 Å². The van der Waals surface area contributed by atoms with Gasteiger partial charge in [-0.2, -0.15) is 0 Å². The van der Waals surface area contributed by atoms with E-state index in [1.54, 1.807) is 41.8 Å². The van der Waals surface area contributed by atoms with Crippen molar-refractivity contribution in [2.45, 2.75) is 13.8 Å². The van der Waals surface area contributed by atoms with Crippen LogP contribution < -0.4 is 52.8 Å². The molecule has 124 heavy (non-hydrogen) atoms. The van der Waals surface area contributed by atoms with Crippen LogP contribution in [0.4, 0.5) is 62.6 Å². The molecule has 0 fully saturated rings. The van der Waals surface area contributed by atoms with Crippen LogP contribution in [-0.2, 0) is 23.7 Å². The van der Waals surface area contributed by atoms with Gasteiger partial charge in [0, 0.05) is 132 Å². The zero-order chi connectivity index (χ0) is 85.4. The van der Waals surface area contributed by atoms with Crippen LogP contribution in [0.15, 0.2) is 310 Å². The monoisotopic (exact) mass is 1660 g/mol. The van der Waals surface area contributed by atoms with Crippen LogP contribution in [0.25, 0.3) is 82.5 Å². The Bertz CT molecular complexity index is 6310. The second-order valence-electron chi connectivity index (χ2n) is 29.3. The number of aromatic nitrogens is 3. The van der Waals surface area contributed by atoms with E-state index in [0.717, 1.165) is 185 Å². The molecular formula is C104H101N7O13. The highest BCUT2D eigenvalue weighted by atomic mass is 16.6. The topological polar surface area (TPSA) is 159 Å². The molecule has 0 bridgehead atoms. The molecule has 16 rings (SSSR count). The Morgan fingerprint density at radius 2 is 0.589 bits per heavy atom. The maximum Gasteiger partial charge on any atom is 0.119 e. The molecule has 0 spiro atoms. The lowest BCUT2D eigenvalue weighted by atomic mass is 10.1. The van der Waals surface area contributed by atoms with Gasteiger partial charge in [-0.05, 0) is 311 Å². The van der Waals surface area contributed by atoms with E-state index in [4.69, 9.17) is 56.8 Å². The number of methoxy groups -OCH3 is 5. The molecule has 13 aromatic carbocycles. The molecule has 16 aromatic rings. The van der Waals surface area contributed by atoms with Crippen LogP contribution in [-0.4, -0.2) is 141 Å². The Morgan fingerprint density at radius 3 is 0.911 bits per heavy atom. The number of hydrogen-bond acceptors (Lipinski definition) is 17. The van der Waals surface area contributed by atoms with E-state index in [1.807, 2.05) is 117 Å². The van der Waals surface area contributed by atoms with Gasteiger partial charge in [0.25, 0.3) is 0 Å². The smallest absolute Gasteiger partial charge is 0.119 e. The molecule has 0 unspecified atom stereocenters. The number of allylic oxidation sites excluding steroid dienone is 4. The van der Waals surface area contributed by atoms with Crippen molar-refractivity contribution in [3.8, 4) is 51.6 Å². The first kappa shape index (κ1) is 83.5. The number of fused-ring (bicyclic) bond motifs is 9. The van der Waals surface area contributed by atoms with Crippen molar-refractivity contribution in [3.05, 3.63) is 310 Å². The number of hydrogen-bond donors (Lipinski definition) is 1. The lowest BCUT2D eigenvalue weighted by Crippen LogP contribution is -2.10. The summed E-state index contributed by atoms with van der Waals surface area (Å²) in [4.78, 5) is 9.11. The number of benzene rings is 13. The summed E-state index contributed by atoms with van der Waals surface area (Å²) < 4.78 is 76.4. The highest BCUT2D eigenvalue weighted by Gasteiger charge is 2.26. The molecule has 0 amide bonds. The van der Waals surface area contributed by atoms with Crippen molar-refractivity contribution in [1.29, 1.82) is 0 Å². The molecule has 630 valence electrons. The number of anilines is 11. The first-order valence-corrected chi connectivity index (χ1v) is 41.6. The average molecular weight is 1660 g/mol. The maximum absolute atomic E-state index is 9.70. The molecule has 0 aliphatic carbocycles. The van der Waals surface area contributed by atoms with Crippen LogP contribution >= 0.6 is 0 Å². The number of ether oxygens (including phenoxy) is 12. The zero-order valence-corrected chi connectivity index (χ0v) is 71.0. The molecule has 20 nitrogen and oxygen atoms in total. The van der Waals surface area contributed by atoms with Gasteiger partial charge < -0.3 is 95.2 Å². The summed E-state index contributed by atoms with van der Waals surface area (Å²) in [6, 6.07) is 97.7. The number of aliphatic hydroxyl groups excluding tert-OH is 1. The number of aliphatic hydroxyl groups is 1. The molecule has 0 saturated heterocycles. The molecule has 3 aromatic heterocycles. The molecule has 0 atom stereocenters. The third-order valence-electron chi connectivity index (χ3n) is 22.1. The van der Waals surface area contributed by atoms with E-state index in [1.165, 1.54) is 0 Å². The number of rotatable bonds is 40. The molecule has 0 aliphatic rings. The summed E-state index contributed by atoms with van der Waals surface area (Å²) in [5.41, 5.74) is 18.7. The van der Waals surface area contributed by atoms with Gasteiger partial charge in [0.15, 0.2) is 0 Å². The quantitative estimate of drug-likeness (QED) is 0.0219. The molecular weight excluding hydrogens is 1560 g/mol. The van der Waals surface area contributed by atoms with Gasteiger partial charge in [0.1, 0.15) is 60.1 Å². The van der Waals surface area contributed by atoms with E-state index in [0.29, 0.717) is 66.1 Å². The number of nitrogens with zero attached hydrogens (tertiary/aromatic N) is 7. The van der Waals surface area contributed by atoms with Gasteiger partial charge in [-0.1, -0.05) is 6.58 Å². The highest BCUT2D eigenvalue weighted by Crippen LogP contribution is 2.49. The molecule has 0 saturated carbocycles. The fraction of sp³-hybridized carbons (Fsp3) is 0.192. The third-order valence-corrected chi connectivity index (χ3v) is 22.1. The Hall–Kier alpha value is -14.1. The van der Waals surface area contributed by atoms with Crippen LogP contribution in [0.1, 0.15) is 13.8 Å². The van der Waals surface area contributed by atoms with Crippen molar-refractivity contribution in [2.75, 3.05) is 141 Å². The summed E-state index contributed by atoms with van der Waals surface area (Å²) in [6.45, 7) is 13.4. The molecule has 20 heteroatoms. The first-order chi connectivity index (χ1) is 61.0. The molecule has 0 aliphatic heterocycles. The normalized spacial score (nSPS) is 11.7. The van der Waals surface area contributed by atoms with Gasteiger partial charge in [-0.15, -0.1) is 0 Å². The predicted molar refractivity (Wildman–Crippen MR) is 502 cm³/mol. The fourth-order valence-corrected chi connectivity index (χ4v) is 16.1. The summed E-state index contributed by atoms with van der Waals surface area (Å²) in [6.07, 6.45) is 7.27. The van der Waals surface area contributed by atoms with Crippen LogP contribution in [0, 0.1) is 0 Å². The second kappa shape index (κ2) is 39.2. The van der Waals surface area contributed by atoms with Crippen molar-refractivity contribution in [3.63, 3.8) is 0 Å². The van der Waals surface area contributed by atoms with E-state index < -0.39 is 0 Å². The minimum absolute atomic E-state index is 0.118. The first-order valence-electron chi connectivity index (χ1n) is 41.6. The maximum atomic E-state index is 9.70. The Morgan fingerprint density at radius 1 is 0.315 bits per heavy atom. The average Bonchev–Trinajstić information content (AvgIpc) is 1.57. The molecule has 1 N–H and O–H groups in total. The molecule has 0 radical (unpaired) electrons. The highest BCUT2D eigenvalue weighted by molar-refractivity contribution is 6.16. The van der Waals surface area contributed by atoms with E-state index >= 15 is 0 Å². The second-order valence-corrected chi connectivity index (χ2v) is 29.3. The van der Waals surface area contributed by atoms with Gasteiger partial charge in [0.05, 0.1) is 121 Å². The minimum atomic E-state index is -0.118. The van der Waals surface area contributed by atoms with E-state index in [-0.39, 0.29) is 13.2 Å². The third kappa shape index (κ3) is 17.8. The Labute approximate surface area is 722 Å². The van der Waals surface area contributed by atoms with Gasteiger partial charge in [0.2, 0.25) is 0 Å². The summed E-state index contributed by atoms with van der Waals surface area (Å²) >= 11 is 0. The minimum Gasteiger partial charge on any atom is -0.499 e. The Kier molecular flexibility index (Phi) is 26.4. The fourth-order valence-electron chi connectivity index (χ4n) is 16.1. The zero-order valence-electron chi connectivity index (χ0n) is 71.0. The van der Waals surface area contributed by atoms with E-state index in [2.05, 4.69) is 241 Å². The lowest BCUT2D eigenvalue weighted by molar-refractivity contribution is 0.0405. The largest absolute Gasteiger partial charge is 0.499 e. The summed E-state index contributed by atoms with van der Waals surface area (Å²) in [7, 11) is 10.5. The van der Waals surface area contributed by atoms with Crippen molar-refractivity contribution in [1.82, 2.24) is 13.7 Å². The van der Waals surface area contributed by atoms with Gasteiger partial charge in [-0.3, -0.25) is 0 Å². The van der Waals surface area contributed by atoms with Crippen LogP contribution in [0.2, 0.25) is 0 Å². The Balaban J connectivity index is 0.938. The van der Waals surface area contributed by atoms with Crippen molar-refractivity contribution in [2.24, 2.45) is 0 Å². The van der Waals surface area contributed by atoms with Crippen LogP contribution in [0.5, 0.6) is 40.2 Å². The van der Waals surface area contributed by atoms with Crippen molar-refractivity contribution >= 4 is 134 Å². The summed E-state index contributed by atoms with van der Waals surface area (Å²) in [5.74, 6) is 5.20. The SMILES string of the molecule is C=C/C(=C\C=C\OCCO)n1c2ccc(N(c3ccc(OC)cc3)c3ccc(OC)cc3)cc2c2cc(N(c3ccc4c(c3)c3cc(N(C)c5ccc(OC)cc5)ccc3n4-c3ccc(OCCOCCOCC)cc3)c3ccc4c(c3)c3cc(N(c5ccc(OC)cc5)c5ccc(OC)cc5)ccc3n4-c3ccc(OCCOCCOCC)cc3)ccc21. The summed E-state index contributed by atoms with van der Waals surface area (Å²) in [5, 5.41) is 15.7. The molecule has 3 heterocycles. The standard InChI is InChI=1S/C104H101N7O13/c1-10-72(14-13-56-120-57-55-112)109-99-50-30-81(106(74-17-37-87(114-6)38-18-74)75-19-39-88(115-7)40-20-75)67-95(99)96-70-83(32-51-100(96)109)108(84-33-53-102-94(69-84)93-66-80(105(4)73-15-35-86(113-5)36-16-73)29-49-101(93)110(102)78-25-45-91(46-26-78)123-64-62-121-60-58-118-11-2)85-34-54-104-98(71-85)97-68-82(107(76-21-41-89(116-8)42-22-76)77-23-43-90(117-9)44-24-77)31-52-103(97)111(104)79-27-47-92(48-28-79)124-65-63-122-61-59-119-12-3/h10,13-54,56,66-71,112H,1,11-12,55,57-65H2,2-9H3/b56-13+,72-14+. The lowest BCUT2D eigenvalue weighted by Gasteiger charge is -2.27. The predicted octanol–water partition coefficient (Wildman–Crippen LogP) is 23.6. The van der Waals surface area contributed by atoms with Gasteiger partial charge >= 0.3 is 0 Å². The van der Waals surface area contributed by atoms with Crippen molar-refractivity contribution < 1.29 is 61.9 Å².